The summed E-state index contributed by atoms with van der Waals surface area (Å²) in [5.41, 5.74) is 4.38. The van der Waals surface area contributed by atoms with Crippen molar-refractivity contribution >= 4 is 86.7 Å². The van der Waals surface area contributed by atoms with Gasteiger partial charge in [-0.3, -0.25) is 9.59 Å². The van der Waals surface area contributed by atoms with Crippen molar-refractivity contribution in [1.29, 1.82) is 0 Å². The SMILES string of the molecule is Cc1ccc2[nH]c3c4c(=O)c5ccccc5c5c6ccccc6[nH]c(c6c(=O)c7ccccc7c(c2c1)c36)c45. The molecule has 9 aromatic rings. The van der Waals surface area contributed by atoms with Crippen LogP contribution in [-0.2, 0) is 0 Å². The van der Waals surface area contributed by atoms with E-state index in [1.54, 1.807) is 0 Å². The topological polar surface area (TPSA) is 65.7 Å². The lowest BCUT2D eigenvalue weighted by atomic mass is 9.87. The summed E-state index contributed by atoms with van der Waals surface area (Å²) < 4.78 is 0. The minimum Gasteiger partial charge on any atom is -0.354 e. The fourth-order valence-corrected chi connectivity index (χ4v) is 6.90. The average Bonchev–Trinajstić information content (AvgIpc) is 2.97. The van der Waals surface area contributed by atoms with E-state index in [4.69, 9.17) is 0 Å². The zero-order valence-corrected chi connectivity index (χ0v) is 21.0. The molecule has 7 aromatic carbocycles. The van der Waals surface area contributed by atoms with Gasteiger partial charge >= 0.3 is 0 Å². The highest BCUT2D eigenvalue weighted by molar-refractivity contribution is 6.42. The molecule has 0 spiro atoms. The van der Waals surface area contributed by atoms with Crippen molar-refractivity contribution in [1.82, 2.24) is 9.97 Å². The molecule has 0 aliphatic rings. The molecule has 0 unspecified atom stereocenters. The number of nitrogens with one attached hydrogen (secondary N) is 2. The number of benzene rings is 7. The summed E-state index contributed by atoms with van der Waals surface area (Å²) in [6.07, 6.45) is 0. The van der Waals surface area contributed by atoms with Crippen LogP contribution >= 0.6 is 0 Å². The molecular weight excluding hydrogens is 480 g/mol. The first-order chi connectivity index (χ1) is 19.1. The molecule has 0 aliphatic carbocycles. The molecule has 2 aromatic heterocycles. The minimum atomic E-state index is -0.0294. The lowest BCUT2D eigenvalue weighted by Gasteiger charge is -2.19. The Morgan fingerprint density at radius 1 is 0.436 bits per heavy atom. The molecule has 0 bridgehead atoms. The summed E-state index contributed by atoms with van der Waals surface area (Å²) in [5.74, 6) is 0. The zero-order valence-electron chi connectivity index (χ0n) is 21.0. The van der Waals surface area contributed by atoms with Crippen molar-refractivity contribution < 1.29 is 0 Å². The number of rotatable bonds is 0. The Labute approximate surface area is 220 Å². The van der Waals surface area contributed by atoms with Gasteiger partial charge in [-0.15, -0.1) is 0 Å². The number of pyridine rings is 2. The van der Waals surface area contributed by atoms with Gasteiger partial charge in [0.2, 0.25) is 0 Å². The average molecular weight is 501 g/mol. The van der Waals surface area contributed by atoms with Gasteiger partial charge in [0.25, 0.3) is 0 Å². The molecule has 0 saturated heterocycles. The Morgan fingerprint density at radius 3 is 1.49 bits per heavy atom. The Balaban J connectivity index is 1.80. The fourth-order valence-electron chi connectivity index (χ4n) is 6.90. The van der Waals surface area contributed by atoms with E-state index in [0.29, 0.717) is 21.5 Å². The van der Waals surface area contributed by atoms with Crippen molar-refractivity contribution in [2.45, 2.75) is 6.92 Å². The standard InChI is InChI=1S/C35H20N2O2/c1-17-14-15-25-23(16-17)27-19-9-3-5-11-21(19)35(39)31-29(27)33(37-25)30-28-26(18-8-2-4-10-20(18)34(30)38)22-12-6-7-13-24(22)36-32(28)31/h2-16,36-37H,1H3. The molecule has 0 saturated carbocycles. The van der Waals surface area contributed by atoms with E-state index >= 15 is 0 Å². The van der Waals surface area contributed by atoms with Gasteiger partial charge in [-0.05, 0) is 35.9 Å². The number of para-hydroxylation sites is 1. The summed E-state index contributed by atoms with van der Waals surface area (Å²) in [5, 5.41) is 10.1. The van der Waals surface area contributed by atoms with Gasteiger partial charge in [-0.25, -0.2) is 0 Å². The maximum atomic E-state index is 14.4. The molecule has 0 amide bonds. The van der Waals surface area contributed by atoms with Crippen LogP contribution in [0, 0.1) is 6.92 Å². The van der Waals surface area contributed by atoms with Crippen LogP contribution in [0.1, 0.15) is 5.56 Å². The van der Waals surface area contributed by atoms with Gasteiger partial charge in [0.1, 0.15) is 0 Å². The molecular formula is C35H20N2O2. The Bertz CT molecular complexity index is 2660. The van der Waals surface area contributed by atoms with Crippen LogP contribution in [-0.4, -0.2) is 9.97 Å². The second-order valence-electron chi connectivity index (χ2n) is 10.6. The number of aromatic nitrogens is 2. The van der Waals surface area contributed by atoms with Crippen LogP contribution in [0.5, 0.6) is 0 Å². The molecule has 0 aliphatic heterocycles. The molecule has 2 N–H and O–H groups in total. The largest absolute Gasteiger partial charge is 0.354 e. The third kappa shape index (κ3) is 2.44. The second-order valence-corrected chi connectivity index (χ2v) is 10.6. The predicted molar refractivity (Wildman–Crippen MR) is 164 cm³/mol. The van der Waals surface area contributed by atoms with E-state index in [2.05, 4.69) is 41.2 Å². The number of hydrogen-bond acceptors (Lipinski definition) is 2. The molecule has 9 rings (SSSR count). The summed E-state index contributed by atoms with van der Waals surface area (Å²) in [6.45, 7) is 2.08. The van der Waals surface area contributed by atoms with Gasteiger partial charge in [-0.2, -0.15) is 0 Å². The van der Waals surface area contributed by atoms with E-state index < -0.39 is 0 Å². The lowest BCUT2D eigenvalue weighted by molar-refractivity contribution is 1.46. The van der Waals surface area contributed by atoms with Crippen molar-refractivity contribution in [3.05, 3.63) is 117 Å². The highest BCUT2D eigenvalue weighted by Gasteiger charge is 2.25. The van der Waals surface area contributed by atoms with Crippen molar-refractivity contribution in [2.24, 2.45) is 0 Å². The fraction of sp³-hybridized carbons (Fsp3) is 0.0286. The van der Waals surface area contributed by atoms with E-state index in [0.717, 1.165) is 70.7 Å². The molecule has 182 valence electrons. The number of fused-ring (bicyclic) bond motifs is 10. The first-order valence-corrected chi connectivity index (χ1v) is 13.1. The van der Waals surface area contributed by atoms with Crippen LogP contribution < -0.4 is 10.9 Å². The van der Waals surface area contributed by atoms with Crippen LogP contribution in [0.15, 0.2) is 101 Å². The van der Waals surface area contributed by atoms with Crippen molar-refractivity contribution in [2.75, 3.05) is 0 Å². The van der Waals surface area contributed by atoms with E-state index in [1.807, 2.05) is 66.7 Å². The van der Waals surface area contributed by atoms with Crippen molar-refractivity contribution in [3.63, 3.8) is 0 Å². The van der Waals surface area contributed by atoms with Crippen LogP contribution in [0.4, 0.5) is 0 Å². The highest BCUT2D eigenvalue weighted by atomic mass is 16.1. The Hall–Kier alpha value is -5.22. The third-order valence-electron chi connectivity index (χ3n) is 8.50. The first-order valence-electron chi connectivity index (χ1n) is 13.1. The number of aromatic amines is 2. The molecule has 0 atom stereocenters. The third-order valence-corrected chi connectivity index (χ3v) is 8.50. The highest BCUT2D eigenvalue weighted by Crippen LogP contribution is 2.44. The smallest absolute Gasteiger partial charge is 0.196 e. The molecule has 2 heterocycles. The first kappa shape index (κ1) is 20.8. The van der Waals surface area contributed by atoms with Gasteiger partial charge in [0.05, 0.1) is 21.8 Å². The van der Waals surface area contributed by atoms with Gasteiger partial charge < -0.3 is 9.97 Å². The maximum absolute atomic E-state index is 14.4. The molecule has 0 fully saturated rings. The number of H-pyrrole nitrogens is 2. The van der Waals surface area contributed by atoms with Gasteiger partial charge in [-0.1, -0.05) is 78.4 Å². The monoisotopic (exact) mass is 500 g/mol. The van der Waals surface area contributed by atoms with Crippen LogP contribution in [0.3, 0.4) is 0 Å². The van der Waals surface area contributed by atoms with Crippen LogP contribution in [0.25, 0.3) is 86.7 Å². The summed E-state index contributed by atoms with van der Waals surface area (Å²) in [6, 6.07) is 30.1. The predicted octanol–water partition coefficient (Wildman–Crippen LogP) is 8.04. The summed E-state index contributed by atoms with van der Waals surface area (Å²) in [7, 11) is 0. The minimum absolute atomic E-state index is 0.0289. The molecule has 4 heteroatoms. The number of aryl methyl sites for hydroxylation is 1. The maximum Gasteiger partial charge on any atom is 0.196 e. The summed E-state index contributed by atoms with van der Waals surface area (Å²) in [4.78, 5) is 36.0. The van der Waals surface area contributed by atoms with Gasteiger partial charge in [0.15, 0.2) is 10.9 Å². The molecule has 0 radical (unpaired) electrons. The molecule has 4 nitrogen and oxygen atoms in total. The van der Waals surface area contributed by atoms with E-state index in [-0.39, 0.29) is 10.9 Å². The van der Waals surface area contributed by atoms with E-state index in [1.165, 1.54) is 0 Å². The Morgan fingerprint density at radius 2 is 0.897 bits per heavy atom. The zero-order chi connectivity index (χ0) is 26.0. The Kier molecular flexibility index (Phi) is 3.73. The number of hydrogen-bond donors (Lipinski definition) is 2. The normalized spacial score (nSPS) is 12.4. The molecule has 39 heavy (non-hydrogen) atoms. The van der Waals surface area contributed by atoms with E-state index in [9.17, 15) is 9.59 Å². The second kappa shape index (κ2) is 7.00. The van der Waals surface area contributed by atoms with Gasteiger partial charge in [0, 0.05) is 54.1 Å². The summed E-state index contributed by atoms with van der Waals surface area (Å²) >= 11 is 0. The van der Waals surface area contributed by atoms with Crippen LogP contribution in [0.2, 0.25) is 0 Å². The lowest BCUT2D eigenvalue weighted by Crippen LogP contribution is -2.11. The van der Waals surface area contributed by atoms with Crippen molar-refractivity contribution in [3.8, 4) is 0 Å². The quantitative estimate of drug-likeness (QED) is 0.163.